The van der Waals surface area contributed by atoms with Gasteiger partial charge in [-0.2, -0.15) is 0 Å². The summed E-state index contributed by atoms with van der Waals surface area (Å²) >= 11 is 0. The average molecular weight is 621 g/mol. The van der Waals surface area contributed by atoms with Gasteiger partial charge < -0.3 is 27.8 Å². The lowest BCUT2D eigenvalue weighted by Gasteiger charge is -2.09. The van der Waals surface area contributed by atoms with Crippen LogP contribution in [0.5, 0.6) is 23.0 Å². The van der Waals surface area contributed by atoms with Crippen LogP contribution in [-0.4, -0.2) is 28.4 Å². The van der Waals surface area contributed by atoms with E-state index in [1.807, 2.05) is 36.4 Å². The predicted molar refractivity (Wildman–Crippen MR) is 179 cm³/mol. The molecule has 0 fully saturated rings. The van der Waals surface area contributed by atoms with Crippen LogP contribution in [0.2, 0.25) is 0 Å². The van der Waals surface area contributed by atoms with Gasteiger partial charge >= 0.3 is 0 Å². The lowest BCUT2D eigenvalue weighted by molar-refractivity contribution is 0.355. The Balaban J connectivity index is 0.000000181. The fraction of sp³-hybridized carbons (Fsp3) is 0.211. The minimum Gasteiger partial charge on any atom is -0.493 e. The van der Waals surface area contributed by atoms with E-state index in [0.29, 0.717) is 69.3 Å². The summed E-state index contributed by atoms with van der Waals surface area (Å²) in [6, 6.07) is 30.0. The maximum Gasteiger partial charge on any atom is 0.193 e. The molecule has 2 aromatic heterocycles. The molecule has 236 valence electrons. The molecule has 0 aliphatic rings. The van der Waals surface area contributed by atoms with Crippen molar-refractivity contribution < 1.29 is 27.8 Å². The quantitative estimate of drug-likeness (QED) is 0.159. The van der Waals surface area contributed by atoms with Crippen LogP contribution in [0.4, 0.5) is 0 Å². The van der Waals surface area contributed by atoms with E-state index in [4.69, 9.17) is 27.8 Å². The molecule has 0 saturated carbocycles. The van der Waals surface area contributed by atoms with E-state index in [0.717, 1.165) is 12.8 Å². The fourth-order valence-corrected chi connectivity index (χ4v) is 5.13. The molecule has 0 aliphatic heterocycles. The molecule has 8 heteroatoms. The molecule has 2 heterocycles. The molecule has 8 nitrogen and oxygen atoms in total. The second-order valence-corrected chi connectivity index (χ2v) is 10.5. The molecular formula is C38H36O8. The van der Waals surface area contributed by atoms with E-state index in [1.165, 1.54) is 11.1 Å². The molecule has 0 N–H and O–H groups in total. The molecule has 0 aliphatic carbocycles. The van der Waals surface area contributed by atoms with Gasteiger partial charge in [0, 0.05) is 37.1 Å². The largest absolute Gasteiger partial charge is 0.493 e. The van der Waals surface area contributed by atoms with Gasteiger partial charge in [0.1, 0.15) is 22.7 Å². The number of rotatable bonds is 10. The second kappa shape index (κ2) is 15.0. The number of ether oxygens (including phenoxy) is 4. The zero-order valence-corrected chi connectivity index (χ0v) is 26.3. The van der Waals surface area contributed by atoms with E-state index in [9.17, 15) is 9.59 Å². The summed E-state index contributed by atoms with van der Waals surface area (Å²) in [4.78, 5) is 24.6. The number of fused-ring (bicyclic) bond motifs is 2. The number of aryl methyl sites for hydroxylation is 4. The molecule has 0 unspecified atom stereocenters. The van der Waals surface area contributed by atoms with Crippen molar-refractivity contribution in [2.75, 3.05) is 28.4 Å². The zero-order valence-electron chi connectivity index (χ0n) is 26.3. The third-order valence-electron chi connectivity index (χ3n) is 7.57. The predicted octanol–water partition coefficient (Wildman–Crippen LogP) is 7.19. The van der Waals surface area contributed by atoms with Gasteiger partial charge in [-0.25, -0.2) is 0 Å². The maximum atomic E-state index is 12.3. The first-order valence-corrected chi connectivity index (χ1v) is 14.9. The van der Waals surface area contributed by atoms with Crippen molar-refractivity contribution in [3.63, 3.8) is 0 Å². The summed E-state index contributed by atoms with van der Waals surface area (Å²) in [6.07, 6.45) is 2.98. The van der Waals surface area contributed by atoms with E-state index in [-0.39, 0.29) is 10.9 Å². The fourth-order valence-electron chi connectivity index (χ4n) is 5.13. The Morgan fingerprint density at radius 2 is 0.804 bits per heavy atom. The first-order valence-electron chi connectivity index (χ1n) is 14.9. The molecule has 6 aromatic rings. The van der Waals surface area contributed by atoms with Gasteiger partial charge in [0.15, 0.2) is 33.9 Å². The Bertz CT molecular complexity index is 1880. The summed E-state index contributed by atoms with van der Waals surface area (Å²) in [5.41, 5.74) is 3.30. The normalized spacial score (nSPS) is 10.7. The van der Waals surface area contributed by atoms with Gasteiger partial charge in [-0.15, -0.1) is 0 Å². The van der Waals surface area contributed by atoms with Crippen LogP contribution in [0.25, 0.3) is 21.9 Å². The maximum absolute atomic E-state index is 12.3. The van der Waals surface area contributed by atoms with Gasteiger partial charge in [0.25, 0.3) is 0 Å². The van der Waals surface area contributed by atoms with Gasteiger partial charge in [-0.3, -0.25) is 9.59 Å². The van der Waals surface area contributed by atoms with E-state index < -0.39 is 0 Å². The highest BCUT2D eigenvalue weighted by atomic mass is 16.5. The molecule has 0 saturated heterocycles. The van der Waals surface area contributed by atoms with Crippen molar-refractivity contribution in [3.05, 3.63) is 140 Å². The van der Waals surface area contributed by atoms with E-state index in [1.54, 1.807) is 64.8 Å². The number of hydrogen-bond donors (Lipinski definition) is 0. The Morgan fingerprint density at radius 3 is 1.15 bits per heavy atom. The van der Waals surface area contributed by atoms with Crippen molar-refractivity contribution in [1.29, 1.82) is 0 Å². The van der Waals surface area contributed by atoms with Crippen molar-refractivity contribution in [3.8, 4) is 23.0 Å². The van der Waals surface area contributed by atoms with Gasteiger partial charge in [-0.05, 0) is 36.1 Å². The molecule has 46 heavy (non-hydrogen) atoms. The van der Waals surface area contributed by atoms with Gasteiger partial charge in [0.2, 0.25) is 0 Å². The Hall–Kier alpha value is -5.50. The summed E-state index contributed by atoms with van der Waals surface area (Å²) in [5.74, 6) is 3.46. The SMILES string of the molecule is COc1cc2oc(CCc3ccccc3)cc(=O)c2cc1OC.COc1cc2oc(CCc3ccccc3)cc(=O)c2cc1OC. The second-order valence-electron chi connectivity index (χ2n) is 10.5. The molecule has 0 atom stereocenters. The molecule has 0 bridgehead atoms. The van der Waals surface area contributed by atoms with E-state index in [2.05, 4.69) is 24.3 Å². The molecule has 4 aromatic carbocycles. The van der Waals surface area contributed by atoms with Crippen molar-refractivity contribution in [2.45, 2.75) is 25.7 Å². The van der Waals surface area contributed by atoms with Crippen LogP contribution in [-0.2, 0) is 25.7 Å². The first-order chi connectivity index (χ1) is 22.4. The topological polar surface area (TPSA) is 97.3 Å². The minimum absolute atomic E-state index is 0.0738. The molecule has 6 rings (SSSR count). The summed E-state index contributed by atoms with van der Waals surface area (Å²) in [6.45, 7) is 0. The smallest absolute Gasteiger partial charge is 0.193 e. The monoisotopic (exact) mass is 620 g/mol. The number of methoxy groups -OCH3 is 4. The third-order valence-corrected chi connectivity index (χ3v) is 7.57. The van der Waals surface area contributed by atoms with Crippen molar-refractivity contribution in [1.82, 2.24) is 0 Å². The summed E-state index contributed by atoms with van der Waals surface area (Å²) < 4.78 is 32.7. The first kappa shape index (κ1) is 31.9. The number of hydrogen-bond acceptors (Lipinski definition) is 8. The Morgan fingerprint density at radius 1 is 0.457 bits per heavy atom. The van der Waals surface area contributed by atoms with Gasteiger partial charge in [0.05, 0.1) is 39.2 Å². The summed E-state index contributed by atoms with van der Waals surface area (Å²) in [5, 5.41) is 0.984. The summed E-state index contributed by atoms with van der Waals surface area (Å²) in [7, 11) is 6.20. The lowest BCUT2D eigenvalue weighted by atomic mass is 10.1. The third kappa shape index (κ3) is 7.58. The van der Waals surface area contributed by atoms with Crippen molar-refractivity contribution in [2.24, 2.45) is 0 Å². The van der Waals surface area contributed by atoms with Crippen LogP contribution in [0.1, 0.15) is 22.6 Å². The molecule has 0 spiro atoms. The lowest BCUT2D eigenvalue weighted by Crippen LogP contribution is -2.04. The van der Waals surface area contributed by atoms with Crippen LogP contribution in [0.3, 0.4) is 0 Å². The minimum atomic E-state index is -0.0738. The highest BCUT2D eigenvalue weighted by molar-refractivity contribution is 5.81. The van der Waals surface area contributed by atoms with Crippen LogP contribution in [0, 0.1) is 0 Å². The highest BCUT2D eigenvalue weighted by Crippen LogP contribution is 2.32. The van der Waals surface area contributed by atoms with Crippen molar-refractivity contribution >= 4 is 21.9 Å². The van der Waals surface area contributed by atoms with Crippen LogP contribution in [0.15, 0.2) is 115 Å². The zero-order chi connectivity index (χ0) is 32.5. The highest BCUT2D eigenvalue weighted by Gasteiger charge is 2.13. The Kier molecular flexibility index (Phi) is 10.4. The standard InChI is InChI=1S/2C19H18O4/c2*1-21-18-11-15-16(20)10-14(23-17(15)12-19(18)22-2)9-8-13-6-4-3-5-7-13/h2*3-7,10-12H,8-9H2,1-2H3. The molecular weight excluding hydrogens is 584 g/mol. The van der Waals surface area contributed by atoms with E-state index >= 15 is 0 Å². The Labute approximate surface area is 266 Å². The average Bonchev–Trinajstić information content (AvgIpc) is 3.10. The van der Waals surface area contributed by atoms with Crippen LogP contribution < -0.4 is 29.8 Å². The molecule has 0 radical (unpaired) electrons. The number of benzene rings is 4. The molecule has 0 amide bonds. The van der Waals surface area contributed by atoms with Gasteiger partial charge in [-0.1, -0.05) is 60.7 Å². The van der Waals surface area contributed by atoms with Crippen LogP contribution >= 0.6 is 0 Å².